The van der Waals surface area contributed by atoms with E-state index in [0.717, 1.165) is 17.7 Å². The highest BCUT2D eigenvalue weighted by Gasteiger charge is 2.25. The smallest absolute Gasteiger partial charge is 0.266 e. The highest BCUT2D eigenvalue weighted by Crippen LogP contribution is 2.24. The predicted molar refractivity (Wildman–Crippen MR) is 73.9 cm³/mol. The van der Waals surface area contributed by atoms with E-state index in [-0.39, 0.29) is 5.91 Å². The first-order chi connectivity index (χ1) is 9.15. The number of pyridine rings is 1. The summed E-state index contributed by atoms with van der Waals surface area (Å²) >= 11 is 1.26. The number of rotatable bonds is 1. The van der Waals surface area contributed by atoms with Crippen LogP contribution in [0.4, 0.5) is 5.13 Å². The van der Waals surface area contributed by atoms with E-state index in [1.807, 2.05) is 24.0 Å². The maximum Gasteiger partial charge on any atom is 0.266 e. The molecule has 1 aliphatic rings. The third-order valence-corrected chi connectivity index (χ3v) is 4.23. The summed E-state index contributed by atoms with van der Waals surface area (Å²) in [5.41, 5.74) is 8.57. The van der Waals surface area contributed by atoms with Crippen molar-refractivity contribution in [3.8, 4) is 0 Å². The van der Waals surface area contributed by atoms with Crippen molar-refractivity contribution in [1.29, 1.82) is 0 Å². The minimum absolute atomic E-state index is 0.0150. The van der Waals surface area contributed by atoms with Gasteiger partial charge in [0.15, 0.2) is 5.13 Å². The lowest BCUT2D eigenvalue weighted by Gasteiger charge is -2.27. The molecule has 0 unspecified atom stereocenters. The number of fused-ring (bicyclic) bond motifs is 1. The summed E-state index contributed by atoms with van der Waals surface area (Å²) < 4.78 is 0. The summed E-state index contributed by atoms with van der Waals surface area (Å²) in [6.07, 6.45) is 2.60. The van der Waals surface area contributed by atoms with Crippen LogP contribution in [0.3, 0.4) is 0 Å². The second kappa shape index (κ2) is 4.62. The number of nitrogens with two attached hydrogens (primary N) is 1. The van der Waals surface area contributed by atoms with Crippen LogP contribution in [-0.4, -0.2) is 27.3 Å². The molecule has 2 aromatic heterocycles. The molecule has 6 heteroatoms. The largest absolute Gasteiger partial charge is 0.375 e. The first-order valence-corrected chi connectivity index (χ1v) is 6.92. The molecule has 2 N–H and O–H groups in total. The van der Waals surface area contributed by atoms with Gasteiger partial charge >= 0.3 is 0 Å². The van der Waals surface area contributed by atoms with Crippen molar-refractivity contribution in [3.05, 3.63) is 40.2 Å². The number of amides is 1. The monoisotopic (exact) mass is 274 g/mol. The second-order valence-corrected chi connectivity index (χ2v) is 5.58. The average molecular weight is 274 g/mol. The number of thiazole rings is 1. The van der Waals surface area contributed by atoms with E-state index in [4.69, 9.17) is 5.73 Å². The van der Waals surface area contributed by atoms with Gasteiger partial charge in [-0.3, -0.25) is 9.78 Å². The van der Waals surface area contributed by atoms with Crippen molar-refractivity contribution in [1.82, 2.24) is 14.9 Å². The molecule has 0 spiro atoms. The van der Waals surface area contributed by atoms with E-state index >= 15 is 0 Å². The number of hydrogen-bond donors (Lipinski definition) is 1. The molecule has 0 atom stereocenters. The first-order valence-electron chi connectivity index (χ1n) is 6.10. The summed E-state index contributed by atoms with van der Waals surface area (Å²) in [6.45, 7) is 3.12. The fraction of sp³-hybridized carbons (Fsp3) is 0.308. The van der Waals surface area contributed by atoms with Gasteiger partial charge in [0.05, 0.1) is 5.69 Å². The Morgan fingerprint density at radius 3 is 3.11 bits per heavy atom. The van der Waals surface area contributed by atoms with Gasteiger partial charge < -0.3 is 10.6 Å². The van der Waals surface area contributed by atoms with E-state index in [1.165, 1.54) is 11.3 Å². The van der Waals surface area contributed by atoms with Gasteiger partial charge in [-0.25, -0.2) is 4.98 Å². The van der Waals surface area contributed by atoms with Crippen LogP contribution in [0.1, 0.15) is 26.6 Å². The lowest BCUT2D eigenvalue weighted by Crippen LogP contribution is -2.36. The van der Waals surface area contributed by atoms with Gasteiger partial charge in [-0.05, 0) is 18.6 Å². The number of aryl methyl sites for hydroxylation is 1. The van der Waals surface area contributed by atoms with E-state index in [2.05, 4.69) is 9.97 Å². The normalized spacial score (nSPS) is 14.3. The molecule has 0 aliphatic carbocycles. The van der Waals surface area contributed by atoms with E-state index < -0.39 is 0 Å². The van der Waals surface area contributed by atoms with Crippen molar-refractivity contribution in [2.45, 2.75) is 19.9 Å². The molecule has 0 radical (unpaired) electrons. The molecule has 19 heavy (non-hydrogen) atoms. The van der Waals surface area contributed by atoms with E-state index in [9.17, 15) is 4.79 Å². The SMILES string of the molecule is Cc1nc(N)sc1C(=O)N1CCc2ncccc2C1. The molecular formula is C13H14N4OS. The molecular weight excluding hydrogens is 260 g/mol. The number of anilines is 1. The van der Waals surface area contributed by atoms with Crippen LogP contribution < -0.4 is 5.73 Å². The highest BCUT2D eigenvalue weighted by atomic mass is 32.1. The van der Waals surface area contributed by atoms with Gasteiger partial charge in [0.2, 0.25) is 0 Å². The summed E-state index contributed by atoms with van der Waals surface area (Å²) in [5.74, 6) is 0.0150. The molecule has 0 saturated heterocycles. The molecule has 0 fully saturated rings. The van der Waals surface area contributed by atoms with E-state index in [1.54, 1.807) is 6.20 Å². The Hall–Kier alpha value is -1.95. The lowest BCUT2D eigenvalue weighted by molar-refractivity contribution is 0.0737. The minimum Gasteiger partial charge on any atom is -0.375 e. The van der Waals surface area contributed by atoms with Crippen LogP contribution >= 0.6 is 11.3 Å². The van der Waals surface area contributed by atoms with Gasteiger partial charge in [-0.1, -0.05) is 17.4 Å². The third kappa shape index (κ3) is 2.19. The molecule has 1 aliphatic heterocycles. The summed E-state index contributed by atoms with van der Waals surface area (Å²) in [6, 6.07) is 3.93. The number of nitrogen functional groups attached to an aromatic ring is 1. The van der Waals surface area contributed by atoms with Crippen LogP contribution in [0.25, 0.3) is 0 Å². The summed E-state index contributed by atoms with van der Waals surface area (Å²) in [4.78, 5) is 23.4. The van der Waals surface area contributed by atoms with Gasteiger partial charge in [0, 0.05) is 31.4 Å². The molecule has 3 heterocycles. The lowest BCUT2D eigenvalue weighted by atomic mass is 10.1. The van der Waals surface area contributed by atoms with Crippen molar-refractivity contribution < 1.29 is 4.79 Å². The topological polar surface area (TPSA) is 72.1 Å². The molecule has 98 valence electrons. The quantitative estimate of drug-likeness (QED) is 0.858. The number of carbonyl (C=O) groups excluding carboxylic acids is 1. The number of nitrogens with zero attached hydrogens (tertiary/aromatic N) is 3. The number of hydrogen-bond acceptors (Lipinski definition) is 5. The van der Waals surface area contributed by atoms with Crippen LogP contribution in [0, 0.1) is 6.92 Å². The molecule has 1 amide bonds. The number of aromatic nitrogens is 2. The summed E-state index contributed by atoms with van der Waals surface area (Å²) in [7, 11) is 0. The van der Waals surface area contributed by atoms with Crippen LogP contribution in [-0.2, 0) is 13.0 Å². The minimum atomic E-state index is 0.0150. The van der Waals surface area contributed by atoms with Crippen LogP contribution in [0.2, 0.25) is 0 Å². The van der Waals surface area contributed by atoms with Crippen molar-refractivity contribution in [3.63, 3.8) is 0 Å². The van der Waals surface area contributed by atoms with E-state index in [0.29, 0.717) is 28.8 Å². The Kier molecular flexibility index (Phi) is 2.94. The van der Waals surface area contributed by atoms with Gasteiger partial charge in [-0.15, -0.1) is 0 Å². The zero-order valence-electron chi connectivity index (χ0n) is 10.6. The highest BCUT2D eigenvalue weighted by molar-refractivity contribution is 7.17. The maximum atomic E-state index is 12.5. The molecule has 3 rings (SSSR count). The zero-order chi connectivity index (χ0) is 13.4. The van der Waals surface area contributed by atoms with Crippen molar-refractivity contribution in [2.24, 2.45) is 0 Å². The fourth-order valence-electron chi connectivity index (χ4n) is 2.30. The molecule has 0 aromatic carbocycles. The molecule has 2 aromatic rings. The Bertz CT molecular complexity index is 637. The second-order valence-electron chi connectivity index (χ2n) is 4.55. The zero-order valence-corrected chi connectivity index (χ0v) is 11.4. The fourth-order valence-corrected chi connectivity index (χ4v) is 3.10. The Morgan fingerprint density at radius 2 is 2.37 bits per heavy atom. The Labute approximate surface area is 115 Å². The summed E-state index contributed by atoms with van der Waals surface area (Å²) in [5, 5.41) is 0.444. The molecule has 5 nitrogen and oxygen atoms in total. The Balaban J connectivity index is 1.85. The molecule has 0 saturated carbocycles. The third-order valence-electron chi connectivity index (χ3n) is 3.26. The molecule has 0 bridgehead atoms. The van der Waals surface area contributed by atoms with Gasteiger partial charge in [0.25, 0.3) is 5.91 Å². The number of carbonyl (C=O) groups is 1. The average Bonchev–Trinajstić information content (AvgIpc) is 2.76. The first kappa shape index (κ1) is 12.1. The van der Waals surface area contributed by atoms with Crippen molar-refractivity contribution in [2.75, 3.05) is 12.3 Å². The predicted octanol–water partition coefficient (Wildman–Crippen LogP) is 1.63. The standard InChI is InChI=1S/C13H14N4OS/c1-8-11(19-13(14)16-8)12(18)17-6-4-10-9(7-17)3-2-5-15-10/h2-3,5H,4,6-7H2,1H3,(H2,14,16). The van der Waals surface area contributed by atoms with Crippen LogP contribution in [0.5, 0.6) is 0 Å². The van der Waals surface area contributed by atoms with Gasteiger partial charge in [0.1, 0.15) is 4.88 Å². The van der Waals surface area contributed by atoms with Crippen molar-refractivity contribution >= 4 is 22.4 Å². The van der Waals surface area contributed by atoms with Gasteiger partial charge in [-0.2, -0.15) is 0 Å². The maximum absolute atomic E-state index is 12.5. The Morgan fingerprint density at radius 1 is 1.53 bits per heavy atom. The van der Waals surface area contributed by atoms with Crippen LogP contribution in [0.15, 0.2) is 18.3 Å².